The molecule has 0 N–H and O–H groups in total. The van der Waals surface area contributed by atoms with Crippen LogP contribution in [0.1, 0.15) is 102 Å². The van der Waals surface area contributed by atoms with Gasteiger partial charge in [-0.25, -0.2) is 0 Å². The number of allylic oxidation sites excluding steroid dienone is 2. The second kappa shape index (κ2) is 10.5. The predicted molar refractivity (Wildman–Crippen MR) is 153 cm³/mol. The molecule has 0 atom stereocenters. The van der Waals surface area contributed by atoms with Gasteiger partial charge >= 0.3 is 0 Å². The van der Waals surface area contributed by atoms with Gasteiger partial charge in [0.25, 0.3) is 0 Å². The highest BCUT2D eigenvalue weighted by Gasteiger charge is 2.46. The molecule has 0 aromatic carbocycles. The summed E-state index contributed by atoms with van der Waals surface area (Å²) < 4.78 is 2.68. The Morgan fingerprint density at radius 2 is 1.41 bits per heavy atom. The zero-order valence-electron chi connectivity index (χ0n) is 21.7. The second-order valence-electron chi connectivity index (χ2n) is 11.1. The highest BCUT2D eigenvalue weighted by Crippen LogP contribution is 2.48. The van der Waals surface area contributed by atoms with Crippen molar-refractivity contribution in [2.24, 2.45) is 5.92 Å². The molecule has 1 aliphatic carbocycles. The van der Waals surface area contributed by atoms with Gasteiger partial charge in [-0.3, -0.25) is 0 Å². The summed E-state index contributed by atoms with van der Waals surface area (Å²) in [7, 11) is -1.65. The summed E-state index contributed by atoms with van der Waals surface area (Å²) >= 11 is 10.4. The van der Waals surface area contributed by atoms with Crippen LogP contribution in [0.15, 0.2) is 12.1 Å². The van der Waals surface area contributed by atoms with Crippen LogP contribution in [0.2, 0.25) is 21.0 Å². The molecule has 178 valence electrons. The Hall–Kier alpha value is -0.353. The molecule has 0 aliphatic heterocycles. The molecule has 2 aromatic heterocycles. The lowest BCUT2D eigenvalue weighted by Crippen LogP contribution is -2.54. The number of halogens is 1. The van der Waals surface area contributed by atoms with Crippen molar-refractivity contribution in [2.45, 2.75) is 111 Å². The van der Waals surface area contributed by atoms with Crippen molar-refractivity contribution < 1.29 is 0 Å². The van der Waals surface area contributed by atoms with Crippen LogP contribution in [0.5, 0.6) is 0 Å². The van der Waals surface area contributed by atoms with Crippen molar-refractivity contribution in [3.05, 3.63) is 37.4 Å². The predicted octanol–water partition coefficient (Wildman–Crippen LogP) is 10.3. The molecule has 32 heavy (non-hydrogen) atoms. The van der Waals surface area contributed by atoms with Crippen LogP contribution < -0.4 is 4.50 Å². The van der Waals surface area contributed by atoms with Crippen molar-refractivity contribution in [1.82, 2.24) is 0 Å². The van der Waals surface area contributed by atoms with Gasteiger partial charge in [0, 0.05) is 9.75 Å². The minimum Gasteiger partial charge on any atom is -0.149 e. The van der Waals surface area contributed by atoms with Crippen LogP contribution in [0.4, 0.5) is 0 Å². The Morgan fingerprint density at radius 3 is 1.88 bits per heavy atom. The molecule has 0 bridgehead atoms. The van der Waals surface area contributed by atoms with Crippen molar-refractivity contribution in [3.63, 3.8) is 0 Å². The first-order valence-corrected chi connectivity index (χ1v) is 16.9. The molecular formula is C28H43ClS2Si. The van der Waals surface area contributed by atoms with Crippen molar-refractivity contribution in [1.29, 1.82) is 0 Å². The first kappa shape index (κ1) is 26.3. The SMILES string of the molecule is Cc1sc(Cl)cc1C1=C(c2cc([Si](C(C)C)(C(C)C)C(C)C)sc2CCC(C)C)CCC1. The van der Waals surface area contributed by atoms with Gasteiger partial charge < -0.3 is 0 Å². The standard InChI is InChI=1S/C28H43ClS2Si/c1-17(2)13-14-26-25(16-28(31-26)32(18(3)4,19(5)6)20(7)8)23-12-10-11-22(23)24-15-27(29)30-21(24)9/h15-20H,10-14H2,1-9H3. The summed E-state index contributed by atoms with van der Waals surface area (Å²) in [5.41, 5.74) is 8.47. The van der Waals surface area contributed by atoms with Crippen molar-refractivity contribution in [3.8, 4) is 0 Å². The van der Waals surface area contributed by atoms with Gasteiger partial charge in [-0.2, -0.15) is 0 Å². The van der Waals surface area contributed by atoms with Crippen molar-refractivity contribution >= 4 is 58.0 Å². The van der Waals surface area contributed by atoms with E-state index >= 15 is 0 Å². The van der Waals surface area contributed by atoms with E-state index in [-0.39, 0.29) is 0 Å². The van der Waals surface area contributed by atoms with Crippen LogP contribution >= 0.6 is 34.3 Å². The van der Waals surface area contributed by atoms with E-state index in [1.165, 1.54) is 42.5 Å². The third-order valence-electron chi connectivity index (χ3n) is 7.81. The Kier molecular flexibility index (Phi) is 8.62. The number of aryl methyl sites for hydroxylation is 2. The van der Waals surface area contributed by atoms with Gasteiger partial charge in [-0.1, -0.05) is 67.0 Å². The Labute approximate surface area is 211 Å². The largest absolute Gasteiger partial charge is 0.149 e. The van der Waals surface area contributed by atoms with Gasteiger partial charge in [0.2, 0.25) is 0 Å². The smallest absolute Gasteiger partial charge is 0.107 e. The first-order valence-electron chi connectivity index (χ1n) is 12.6. The van der Waals surface area contributed by atoms with Gasteiger partial charge in [-0.05, 0) is 100 Å². The maximum Gasteiger partial charge on any atom is 0.107 e. The molecule has 4 heteroatoms. The summed E-state index contributed by atoms with van der Waals surface area (Å²) in [4.78, 5) is 3.03. The van der Waals surface area contributed by atoms with Crippen LogP contribution in [0.3, 0.4) is 0 Å². The number of hydrogen-bond donors (Lipinski definition) is 0. The van der Waals surface area contributed by atoms with E-state index in [2.05, 4.69) is 85.8 Å². The molecule has 0 nitrogen and oxygen atoms in total. The molecule has 0 saturated carbocycles. The van der Waals surface area contributed by atoms with E-state index < -0.39 is 8.07 Å². The average molecular weight is 507 g/mol. The lowest BCUT2D eigenvalue weighted by molar-refractivity contribution is 0.589. The molecule has 1 aliphatic rings. The highest BCUT2D eigenvalue weighted by molar-refractivity contribution is 7.28. The third kappa shape index (κ3) is 4.87. The van der Waals surface area contributed by atoms with E-state index in [0.717, 1.165) is 26.9 Å². The van der Waals surface area contributed by atoms with Gasteiger partial charge in [0.05, 0.1) is 4.34 Å². The molecule has 0 fully saturated rings. The van der Waals surface area contributed by atoms with Gasteiger partial charge in [-0.15, -0.1) is 22.7 Å². The van der Waals surface area contributed by atoms with Crippen LogP contribution in [-0.4, -0.2) is 8.07 Å². The van der Waals surface area contributed by atoms with E-state index in [1.807, 2.05) is 0 Å². The minimum atomic E-state index is -1.65. The number of rotatable bonds is 9. The Balaban J connectivity index is 2.22. The molecule has 0 radical (unpaired) electrons. The fourth-order valence-corrected chi connectivity index (χ4v) is 17.9. The first-order chi connectivity index (χ1) is 15.0. The molecule has 0 saturated heterocycles. The van der Waals surface area contributed by atoms with Gasteiger partial charge in [0.15, 0.2) is 0 Å². The molecule has 0 spiro atoms. The molecule has 0 unspecified atom stereocenters. The quantitative estimate of drug-likeness (QED) is 0.296. The summed E-state index contributed by atoms with van der Waals surface area (Å²) in [6, 6.07) is 4.91. The summed E-state index contributed by atoms with van der Waals surface area (Å²) in [5.74, 6) is 0.741. The van der Waals surface area contributed by atoms with Crippen LogP contribution in [-0.2, 0) is 6.42 Å². The van der Waals surface area contributed by atoms with Crippen LogP contribution in [0.25, 0.3) is 11.1 Å². The zero-order chi connectivity index (χ0) is 23.8. The van der Waals surface area contributed by atoms with E-state index in [9.17, 15) is 0 Å². The molecular weight excluding hydrogens is 464 g/mol. The summed E-state index contributed by atoms with van der Waals surface area (Å²) in [5, 5.41) is 0. The maximum atomic E-state index is 6.43. The average Bonchev–Trinajstić information content (AvgIpc) is 3.37. The highest BCUT2D eigenvalue weighted by atomic mass is 35.5. The second-order valence-corrected chi connectivity index (χ2v) is 20.4. The number of thiophene rings is 2. The summed E-state index contributed by atoms with van der Waals surface area (Å²) in [6.07, 6.45) is 6.17. The monoisotopic (exact) mass is 506 g/mol. The fourth-order valence-electron chi connectivity index (χ4n) is 6.44. The third-order valence-corrected chi connectivity index (χ3v) is 18.1. The van der Waals surface area contributed by atoms with Gasteiger partial charge in [0.1, 0.15) is 8.07 Å². The van der Waals surface area contributed by atoms with E-state index in [4.69, 9.17) is 11.6 Å². The number of hydrogen-bond acceptors (Lipinski definition) is 2. The van der Waals surface area contributed by atoms with Crippen molar-refractivity contribution in [2.75, 3.05) is 0 Å². The molecule has 3 rings (SSSR count). The topological polar surface area (TPSA) is 0 Å². The zero-order valence-corrected chi connectivity index (χ0v) is 25.1. The maximum absolute atomic E-state index is 6.43. The molecule has 2 aromatic rings. The summed E-state index contributed by atoms with van der Waals surface area (Å²) in [6.45, 7) is 21.9. The van der Waals surface area contributed by atoms with Crippen LogP contribution in [0, 0.1) is 12.8 Å². The normalized spacial score (nSPS) is 15.4. The molecule has 2 heterocycles. The van der Waals surface area contributed by atoms with E-state index in [1.54, 1.807) is 37.4 Å². The molecule has 0 amide bonds. The lowest BCUT2D eigenvalue weighted by Gasteiger charge is -2.42. The Bertz CT molecular complexity index is 936. The fraction of sp³-hybridized carbons (Fsp3) is 0.643. The lowest BCUT2D eigenvalue weighted by atomic mass is 9.96. The van der Waals surface area contributed by atoms with E-state index in [0.29, 0.717) is 0 Å². The minimum absolute atomic E-state index is 0.741. The Morgan fingerprint density at radius 1 is 0.844 bits per heavy atom.